The van der Waals surface area contributed by atoms with Gasteiger partial charge in [-0.25, -0.2) is 0 Å². The third kappa shape index (κ3) is 2.50. The van der Waals surface area contributed by atoms with Crippen LogP contribution in [0.4, 0.5) is 5.69 Å². The third-order valence-corrected chi connectivity index (χ3v) is 4.97. The molecule has 2 N–H and O–H groups in total. The molecule has 6 heteroatoms. The standard InChI is InChI=1S/C11H6BrCl2NOS/c12-11-7(14)4-8(17-11)10(16)5-2-1-3-6(13)9(5)15/h1-4H,15H2. The number of nitrogen functional groups attached to an aromatic ring is 1. The molecule has 2 rings (SSSR count). The molecule has 0 saturated heterocycles. The molecular weight excluding hydrogens is 345 g/mol. The summed E-state index contributed by atoms with van der Waals surface area (Å²) < 4.78 is 0.725. The number of para-hydroxylation sites is 1. The van der Waals surface area contributed by atoms with E-state index in [1.165, 1.54) is 11.3 Å². The topological polar surface area (TPSA) is 43.1 Å². The van der Waals surface area contributed by atoms with Crippen LogP contribution in [0.25, 0.3) is 0 Å². The second kappa shape index (κ2) is 4.98. The quantitative estimate of drug-likeness (QED) is 0.633. The van der Waals surface area contributed by atoms with E-state index in [9.17, 15) is 4.79 Å². The molecule has 0 aliphatic carbocycles. The Balaban J connectivity index is 2.47. The molecule has 0 unspecified atom stereocenters. The first kappa shape index (κ1) is 12.9. The molecule has 2 aromatic rings. The van der Waals surface area contributed by atoms with E-state index in [-0.39, 0.29) is 5.78 Å². The highest BCUT2D eigenvalue weighted by molar-refractivity contribution is 9.11. The van der Waals surface area contributed by atoms with Crippen LogP contribution in [0, 0.1) is 0 Å². The van der Waals surface area contributed by atoms with Gasteiger partial charge >= 0.3 is 0 Å². The molecule has 1 heterocycles. The molecule has 0 radical (unpaired) electrons. The predicted molar refractivity (Wildman–Crippen MR) is 76.3 cm³/mol. The molecule has 0 atom stereocenters. The summed E-state index contributed by atoms with van der Waals surface area (Å²) in [6, 6.07) is 6.59. The number of thiophene rings is 1. The zero-order valence-electron chi connectivity index (χ0n) is 8.34. The Hall–Kier alpha value is -0.550. The predicted octanol–water partition coefficient (Wildman–Crippen LogP) is 4.63. The second-order valence-corrected chi connectivity index (χ2v) is 6.45. The van der Waals surface area contributed by atoms with Crippen molar-refractivity contribution in [1.29, 1.82) is 0 Å². The third-order valence-electron chi connectivity index (χ3n) is 2.17. The van der Waals surface area contributed by atoms with Gasteiger partial charge in [0.05, 0.1) is 24.4 Å². The summed E-state index contributed by atoms with van der Waals surface area (Å²) in [5.74, 6) is -0.178. The lowest BCUT2D eigenvalue weighted by molar-refractivity contribution is 0.104. The smallest absolute Gasteiger partial charge is 0.205 e. The lowest BCUT2D eigenvalue weighted by Gasteiger charge is -2.04. The number of carbonyl (C=O) groups is 1. The number of rotatable bonds is 2. The first-order chi connectivity index (χ1) is 8.00. The Bertz CT molecular complexity index is 578. The molecule has 1 aromatic carbocycles. The number of anilines is 1. The molecule has 1 aromatic heterocycles. The van der Waals surface area contributed by atoms with Gasteiger partial charge in [0.1, 0.15) is 0 Å². The lowest BCUT2D eigenvalue weighted by atomic mass is 10.1. The number of halogens is 3. The molecule has 0 amide bonds. The highest BCUT2D eigenvalue weighted by Crippen LogP contribution is 2.34. The Labute approximate surface area is 120 Å². The van der Waals surface area contributed by atoms with Crippen LogP contribution in [0.2, 0.25) is 10.0 Å². The monoisotopic (exact) mass is 349 g/mol. The maximum Gasteiger partial charge on any atom is 0.205 e. The molecule has 0 aliphatic rings. The summed E-state index contributed by atoms with van der Waals surface area (Å²) >= 11 is 16.3. The summed E-state index contributed by atoms with van der Waals surface area (Å²) in [6.45, 7) is 0. The zero-order valence-corrected chi connectivity index (χ0v) is 12.3. The van der Waals surface area contributed by atoms with Crippen LogP contribution >= 0.6 is 50.5 Å². The highest BCUT2D eigenvalue weighted by Gasteiger charge is 2.17. The van der Waals surface area contributed by atoms with Gasteiger partial charge in [-0.2, -0.15) is 0 Å². The van der Waals surface area contributed by atoms with Crippen LogP contribution in [0.5, 0.6) is 0 Å². The fraction of sp³-hybridized carbons (Fsp3) is 0. The summed E-state index contributed by atoms with van der Waals surface area (Å²) in [5.41, 5.74) is 6.46. The molecular formula is C11H6BrCl2NOS. The molecule has 0 spiro atoms. The number of nitrogens with two attached hydrogens (primary N) is 1. The molecule has 88 valence electrons. The van der Waals surface area contributed by atoms with Crippen molar-refractivity contribution < 1.29 is 4.79 Å². The summed E-state index contributed by atoms with van der Waals surface area (Å²) in [5, 5.41) is 0.886. The van der Waals surface area contributed by atoms with Crippen molar-refractivity contribution in [2.75, 3.05) is 5.73 Å². The van der Waals surface area contributed by atoms with E-state index in [0.29, 0.717) is 26.2 Å². The first-order valence-corrected chi connectivity index (χ1v) is 6.90. The average molecular weight is 351 g/mol. The second-order valence-electron chi connectivity index (χ2n) is 3.26. The number of hydrogen-bond donors (Lipinski definition) is 1. The average Bonchev–Trinajstić information content (AvgIpc) is 2.62. The van der Waals surface area contributed by atoms with E-state index < -0.39 is 0 Å². The summed E-state index contributed by atoms with van der Waals surface area (Å²) in [6.07, 6.45) is 0. The minimum atomic E-state index is -0.178. The SMILES string of the molecule is Nc1c(Cl)cccc1C(=O)c1cc(Cl)c(Br)s1. The van der Waals surface area contributed by atoms with Crippen molar-refractivity contribution in [3.63, 3.8) is 0 Å². The van der Waals surface area contributed by atoms with Crippen molar-refractivity contribution in [3.05, 3.63) is 48.5 Å². The van der Waals surface area contributed by atoms with E-state index in [0.717, 1.165) is 3.79 Å². The van der Waals surface area contributed by atoms with E-state index in [1.54, 1.807) is 24.3 Å². The molecule has 0 saturated carbocycles. The number of ketones is 1. The highest BCUT2D eigenvalue weighted by atomic mass is 79.9. The fourth-order valence-electron chi connectivity index (χ4n) is 1.33. The van der Waals surface area contributed by atoms with Gasteiger partial charge in [0, 0.05) is 5.56 Å². The summed E-state index contributed by atoms with van der Waals surface area (Å²) in [7, 11) is 0. The van der Waals surface area contributed by atoms with Gasteiger partial charge in [-0.1, -0.05) is 29.3 Å². The molecule has 0 bridgehead atoms. The van der Waals surface area contributed by atoms with Gasteiger partial charge in [-0.3, -0.25) is 4.79 Å². The first-order valence-electron chi connectivity index (χ1n) is 4.54. The van der Waals surface area contributed by atoms with Gasteiger partial charge < -0.3 is 5.73 Å². The Morgan fingerprint density at radius 1 is 1.29 bits per heavy atom. The van der Waals surface area contributed by atoms with Gasteiger partial charge in [-0.15, -0.1) is 11.3 Å². The summed E-state index contributed by atoms with van der Waals surface area (Å²) in [4.78, 5) is 12.7. The van der Waals surface area contributed by atoms with Crippen molar-refractivity contribution >= 4 is 61.9 Å². The van der Waals surface area contributed by atoms with E-state index >= 15 is 0 Å². The fourth-order valence-corrected chi connectivity index (χ4v) is 3.16. The molecule has 0 fully saturated rings. The number of hydrogen-bond acceptors (Lipinski definition) is 3. The van der Waals surface area contributed by atoms with Crippen molar-refractivity contribution in [2.24, 2.45) is 0 Å². The molecule has 2 nitrogen and oxygen atoms in total. The van der Waals surface area contributed by atoms with E-state index in [2.05, 4.69) is 15.9 Å². The lowest BCUT2D eigenvalue weighted by Crippen LogP contribution is -2.03. The van der Waals surface area contributed by atoms with E-state index in [4.69, 9.17) is 28.9 Å². The van der Waals surface area contributed by atoms with Crippen LogP contribution in [-0.2, 0) is 0 Å². The van der Waals surface area contributed by atoms with Crippen molar-refractivity contribution in [1.82, 2.24) is 0 Å². The normalized spacial score (nSPS) is 10.5. The molecule has 0 aliphatic heterocycles. The van der Waals surface area contributed by atoms with Crippen molar-refractivity contribution in [3.8, 4) is 0 Å². The largest absolute Gasteiger partial charge is 0.397 e. The van der Waals surface area contributed by atoms with Crippen LogP contribution in [0.3, 0.4) is 0 Å². The zero-order chi connectivity index (χ0) is 12.6. The van der Waals surface area contributed by atoms with Gasteiger partial charge in [0.2, 0.25) is 5.78 Å². The maximum absolute atomic E-state index is 12.2. The van der Waals surface area contributed by atoms with Crippen molar-refractivity contribution in [2.45, 2.75) is 0 Å². The van der Waals surface area contributed by atoms with Crippen LogP contribution in [0.15, 0.2) is 28.1 Å². The number of carbonyl (C=O) groups excluding carboxylic acids is 1. The Morgan fingerprint density at radius 2 is 2.00 bits per heavy atom. The Morgan fingerprint density at radius 3 is 2.59 bits per heavy atom. The minimum Gasteiger partial charge on any atom is -0.397 e. The van der Waals surface area contributed by atoms with Crippen LogP contribution in [-0.4, -0.2) is 5.78 Å². The van der Waals surface area contributed by atoms with Gasteiger partial charge in [0.25, 0.3) is 0 Å². The maximum atomic E-state index is 12.2. The van der Waals surface area contributed by atoms with Gasteiger partial charge in [-0.05, 0) is 34.1 Å². The van der Waals surface area contributed by atoms with E-state index in [1.807, 2.05) is 0 Å². The minimum absolute atomic E-state index is 0.178. The van der Waals surface area contributed by atoms with Gasteiger partial charge in [0.15, 0.2) is 0 Å². The van der Waals surface area contributed by atoms with Crippen LogP contribution in [0.1, 0.15) is 15.2 Å². The van der Waals surface area contributed by atoms with Crippen LogP contribution < -0.4 is 5.73 Å². The Kier molecular flexibility index (Phi) is 3.78. The molecule has 17 heavy (non-hydrogen) atoms. The number of benzene rings is 1.